The third kappa shape index (κ3) is 4.60. The highest BCUT2D eigenvalue weighted by atomic mass is 15.3. The molecule has 1 heterocycles. The van der Waals surface area contributed by atoms with Crippen LogP contribution in [0.5, 0.6) is 0 Å². The minimum atomic E-state index is 0.289. The molecule has 0 aromatic carbocycles. The van der Waals surface area contributed by atoms with Crippen molar-refractivity contribution in [1.82, 2.24) is 20.0 Å². The third-order valence-corrected chi connectivity index (χ3v) is 4.02. The molecule has 0 saturated heterocycles. The summed E-state index contributed by atoms with van der Waals surface area (Å²) >= 11 is 0. The highest BCUT2D eigenvalue weighted by molar-refractivity contribution is 5.00. The zero-order valence-electron chi connectivity index (χ0n) is 13.5. The van der Waals surface area contributed by atoms with Gasteiger partial charge in [0.2, 0.25) is 0 Å². The topological polar surface area (TPSA) is 33.1 Å². The fourth-order valence-corrected chi connectivity index (χ4v) is 3.28. The molecule has 0 atom stereocenters. The Bertz CT molecular complexity index is 402. The van der Waals surface area contributed by atoms with Gasteiger partial charge in [0, 0.05) is 25.8 Å². The Morgan fingerprint density at radius 3 is 2.70 bits per heavy atom. The Kier molecular flexibility index (Phi) is 5.22. The summed E-state index contributed by atoms with van der Waals surface area (Å²) in [5, 5.41) is 8.27. The molecule has 2 rings (SSSR count). The van der Waals surface area contributed by atoms with Crippen LogP contribution in [0, 0.1) is 5.41 Å². The number of rotatable bonds is 7. The van der Waals surface area contributed by atoms with Crippen LogP contribution in [0.2, 0.25) is 0 Å². The van der Waals surface area contributed by atoms with E-state index in [0.717, 1.165) is 25.3 Å². The van der Waals surface area contributed by atoms with Gasteiger partial charge < -0.3 is 10.2 Å². The molecule has 0 bridgehead atoms. The second kappa shape index (κ2) is 6.72. The van der Waals surface area contributed by atoms with Gasteiger partial charge in [0.1, 0.15) is 0 Å². The molecule has 0 amide bonds. The Hall–Kier alpha value is -0.870. The van der Waals surface area contributed by atoms with E-state index in [1.54, 1.807) is 0 Å². The van der Waals surface area contributed by atoms with Crippen molar-refractivity contribution in [2.75, 3.05) is 27.2 Å². The van der Waals surface area contributed by atoms with E-state index in [-0.39, 0.29) is 5.41 Å². The summed E-state index contributed by atoms with van der Waals surface area (Å²) in [6.07, 6.45) is 7.46. The first-order chi connectivity index (χ1) is 9.46. The van der Waals surface area contributed by atoms with Gasteiger partial charge in [-0.15, -0.1) is 0 Å². The fourth-order valence-electron chi connectivity index (χ4n) is 3.28. The van der Waals surface area contributed by atoms with Crippen LogP contribution in [0.4, 0.5) is 0 Å². The minimum Gasteiger partial charge on any atom is -0.311 e. The molecule has 0 spiro atoms. The van der Waals surface area contributed by atoms with Crippen molar-refractivity contribution in [1.29, 1.82) is 0 Å². The van der Waals surface area contributed by atoms with Crippen molar-refractivity contribution >= 4 is 0 Å². The van der Waals surface area contributed by atoms with Gasteiger partial charge in [-0.2, -0.15) is 5.10 Å². The van der Waals surface area contributed by atoms with E-state index in [9.17, 15) is 0 Å². The molecule has 0 aliphatic heterocycles. The SMILES string of the molecule is CN(C)CC(C)(C)CNCc1ccn(C2CCCC2)n1. The van der Waals surface area contributed by atoms with Gasteiger partial charge in [0.15, 0.2) is 0 Å². The maximum atomic E-state index is 4.72. The van der Waals surface area contributed by atoms with Gasteiger partial charge in [-0.25, -0.2) is 0 Å². The molecule has 0 unspecified atom stereocenters. The smallest absolute Gasteiger partial charge is 0.0762 e. The molecule has 1 aliphatic carbocycles. The van der Waals surface area contributed by atoms with Crippen LogP contribution >= 0.6 is 0 Å². The first-order valence-electron chi connectivity index (χ1n) is 7.86. The van der Waals surface area contributed by atoms with Crippen molar-refractivity contribution in [3.63, 3.8) is 0 Å². The molecule has 114 valence electrons. The molecule has 20 heavy (non-hydrogen) atoms. The summed E-state index contributed by atoms with van der Waals surface area (Å²) in [5.41, 5.74) is 1.45. The predicted molar refractivity (Wildman–Crippen MR) is 83.8 cm³/mol. The normalized spacial score (nSPS) is 17.2. The molecule has 1 fully saturated rings. The number of nitrogens with one attached hydrogen (secondary N) is 1. The largest absolute Gasteiger partial charge is 0.311 e. The standard InChI is InChI=1S/C16H30N4/c1-16(2,13-19(3)4)12-17-11-14-9-10-20(18-14)15-7-5-6-8-15/h9-10,15,17H,5-8,11-13H2,1-4H3. The monoisotopic (exact) mass is 278 g/mol. The number of aromatic nitrogens is 2. The minimum absolute atomic E-state index is 0.289. The summed E-state index contributed by atoms with van der Waals surface area (Å²) in [6.45, 7) is 7.59. The van der Waals surface area contributed by atoms with Gasteiger partial charge in [-0.1, -0.05) is 26.7 Å². The molecule has 4 heteroatoms. The summed E-state index contributed by atoms with van der Waals surface area (Å²) < 4.78 is 2.18. The molecule has 1 N–H and O–H groups in total. The molecular weight excluding hydrogens is 248 g/mol. The van der Waals surface area contributed by atoms with Crippen LogP contribution in [0.3, 0.4) is 0 Å². The van der Waals surface area contributed by atoms with Gasteiger partial charge in [-0.05, 0) is 38.4 Å². The van der Waals surface area contributed by atoms with Crippen molar-refractivity contribution in [3.05, 3.63) is 18.0 Å². The van der Waals surface area contributed by atoms with Gasteiger partial charge >= 0.3 is 0 Å². The molecular formula is C16H30N4. The van der Waals surface area contributed by atoms with Crippen molar-refractivity contribution in [2.45, 2.75) is 52.1 Å². The van der Waals surface area contributed by atoms with Crippen LogP contribution in [-0.4, -0.2) is 41.9 Å². The predicted octanol–water partition coefficient (Wildman–Crippen LogP) is 2.68. The van der Waals surface area contributed by atoms with E-state index in [1.807, 2.05) is 0 Å². The summed E-state index contributed by atoms with van der Waals surface area (Å²) in [5.74, 6) is 0. The summed E-state index contributed by atoms with van der Waals surface area (Å²) in [4.78, 5) is 2.25. The molecule has 1 aromatic heterocycles. The van der Waals surface area contributed by atoms with Crippen LogP contribution in [0.25, 0.3) is 0 Å². The van der Waals surface area contributed by atoms with E-state index in [2.05, 4.69) is 55.1 Å². The van der Waals surface area contributed by atoms with Crippen LogP contribution in [-0.2, 0) is 6.54 Å². The average Bonchev–Trinajstić information content (AvgIpc) is 2.96. The molecule has 1 saturated carbocycles. The van der Waals surface area contributed by atoms with E-state index in [0.29, 0.717) is 6.04 Å². The van der Waals surface area contributed by atoms with Crippen molar-refractivity contribution in [3.8, 4) is 0 Å². The van der Waals surface area contributed by atoms with Crippen LogP contribution in [0.1, 0.15) is 51.3 Å². The first kappa shape index (κ1) is 15.5. The van der Waals surface area contributed by atoms with Crippen LogP contribution in [0.15, 0.2) is 12.3 Å². The number of nitrogens with zero attached hydrogens (tertiary/aromatic N) is 3. The third-order valence-electron chi connectivity index (χ3n) is 4.02. The van der Waals surface area contributed by atoms with E-state index < -0.39 is 0 Å². The zero-order valence-corrected chi connectivity index (χ0v) is 13.5. The second-order valence-corrected chi connectivity index (χ2v) is 7.23. The number of hydrogen-bond acceptors (Lipinski definition) is 3. The maximum Gasteiger partial charge on any atom is 0.0762 e. The lowest BCUT2D eigenvalue weighted by atomic mass is 9.93. The molecule has 4 nitrogen and oxygen atoms in total. The quantitative estimate of drug-likeness (QED) is 0.832. The van der Waals surface area contributed by atoms with Crippen molar-refractivity contribution in [2.24, 2.45) is 5.41 Å². The average molecular weight is 278 g/mol. The second-order valence-electron chi connectivity index (χ2n) is 7.23. The zero-order chi connectivity index (χ0) is 14.6. The molecule has 1 aromatic rings. The summed E-state index contributed by atoms with van der Waals surface area (Å²) in [7, 11) is 4.26. The van der Waals surface area contributed by atoms with Gasteiger partial charge in [0.05, 0.1) is 11.7 Å². The van der Waals surface area contributed by atoms with Gasteiger partial charge in [0.25, 0.3) is 0 Å². The lowest BCUT2D eigenvalue weighted by Gasteiger charge is -2.28. The Morgan fingerprint density at radius 2 is 2.05 bits per heavy atom. The Morgan fingerprint density at radius 1 is 1.35 bits per heavy atom. The van der Waals surface area contributed by atoms with Gasteiger partial charge in [-0.3, -0.25) is 4.68 Å². The first-order valence-corrected chi connectivity index (χ1v) is 7.86. The summed E-state index contributed by atoms with van der Waals surface area (Å²) in [6, 6.07) is 2.80. The van der Waals surface area contributed by atoms with E-state index in [4.69, 9.17) is 5.10 Å². The maximum absolute atomic E-state index is 4.72. The lowest BCUT2D eigenvalue weighted by Crippen LogP contribution is -2.37. The highest BCUT2D eigenvalue weighted by Gasteiger charge is 2.19. The van der Waals surface area contributed by atoms with Crippen LogP contribution < -0.4 is 5.32 Å². The number of hydrogen-bond donors (Lipinski definition) is 1. The molecule has 1 aliphatic rings. The molecule has 0 radical (unpaired) electrons. The fraction of sp³-hybridized carbons (Fsp3) is 0.812. The Labute approximate surface area is 123 Å². The van der Waals surface area contributed by atoms with E-state index >= 15 is 0 Å². The van der Waals surface area contributed by atoms with Crippen molar-refractivity contribution < 1.29 is 0 Å². The van der Waals surface area contributed by atoms with E-state index in [1.165, 1.54) is 25.7 Å². The lowest BCUT2D eigenvalue weighted by molar-refractivity contribution is 0.232. The Balaban J connectivity index is 1.76. The highest BCUT2D eigenvalue weighted by Crippen LogP contribution is 2.28.